The summed E-state index contributed by atoms with van der Waals surface area (Å²) in [5, 5.41) is 0.0840. The van der Waals surface area contributed by atoms with Crippen LogP contribution in [0.4, 0.5) is 0 Å². The van der Waals surface area contributed by atoms with E-state index in [1.54, 1.807) is 0 Å². The van der Waals surface area contributed by atoms with E-state index in [-0.39, 0.29) is 35.0 Å². The van der Waals surface area contributed by atoms with Gasteiger partial charge in [-0.25, -0.2) is 0 Å². The summed E-state index contributed by atoms with van der Waals surface area (Å²) in [5.41, 5.74) is 2.46. The van der Waals surface area contributed by atoms with E-state index in [2.05, 4.69) is 72.8 Å². The Kier molecular flexibility index (Phi) is 11.1. The van der Waals surface area contributed by atoms with Crippen LogP contribution < -0.4 is 0 Å². The normalized spacial score (nSPS) is 23.7. The molecule has 0 radical (unpaired) electrons. The maximum Gasteiger partial charge on any atom is 0.192 e. The molecule has 1 heterocycles. The van der Waals surface area contributed by atoms with E-state index in [0.717, 1.165) is 12.7 Å². The first-order valence-electron chi connectivity index (χ1n) is 13.4. The third-order valence-electron chi connectivity index (χ3n) is 7.78. The summed E-state index contributed by atoms with van der Waals surface area (Å²) in [6.07, 6.45) is 3.77. The second-order valence-electron chi connectivity index (χ2n) is 12.5. The minimum atomic E-state index is -2.06. The maximum absolute atomic E-state index is 11.9. The first-order valence-corrected chi connectivity index (χ1v) is 16.3. The van der Waals surface area contributed by atoms with Crippen LogP contribution in [0, 0.1) is 17.8 Å². The van der Waals surface area contributed by atoms with Gasteiger partial charge in [0, 0.05) is 5.92 Å². The molecule has 1 aliphatic heterocycles. The molecule has 0 unspecified atom stereocenters. The zero-order valence-electron chi connectivity index (χ0n) is 24.3. The lowest BCUT2D eigenvalue weighted by Gasteiger charge is -2.48. The first kappa shape index (κ1) is 30.9. The van der Waals surface area contributed by atoms with E-state index in [4.69, 9.17) is 18.6 Å². The zero-order valence-corrected chi connectivity index (χ0v) is 25.3. The second kappa shape index (κ2) is 13.0. The summed E-state index contributed by atoms with van der Waals surface area (Å²) in [4.78, 5) is 11.9. The Morgan fingerprint density at radius 2 is 1.83 bits per heavy atom. The van der Waals surface area contributed by atoms with Gasteiger partial charge in [0.25, 0.3) is 0 Å². The molecule has 2 rings (SSSR count). The van der Waals surface area contributed by atoms with Crippen LogP contribution in [-0.4, -0.2) is 45.8 Å². The Balaban J connectivity index is 2.16. The van der Waals surface area contributed by atoms with Gasteiger partial charge >= 0.3 is 0 Å². The minimum Gasteiger partial charge on any atom is -0.413 e. The molecule has 36 heavy (non-hydrogen) atoms. The van der Waals surface area contributed by atoms with Crippen molar-refractivity contribution in [3.8, 4) is 0 Å². The molecule has 1 aliphatic rings. The summed E-state index contributed by atoms with van der Waals surface area (Å²) >= 11 is 0. The largest absolute Gasteiger partial charge is 0.413 e. The molecule has 1 aromatic carbocycles. The van der Waals surface area contributed by atoms with Crippen molar-refractivity contribution >= 4 is 14.6 Å². The lowest BCUT2D eigenvalue weighted by Crippen LogP contribution is -2.55. The number of carbonyl (C=O) groups excluding carboxylic acids is 1. The molecule has 5 atom stereocenters. The summed E-state index contributed by atoms with van der Waals surface area (Å²) in [6.45, 7) is 23.4. The fourth-order valence-electron chi connectivity index (χ4n) is 4.56. The van der Waals surface area contributed by atoms with Crippen molar-refractivity contribution in [3.63, 3.8) is 0 Å². The molecule has 6 heteroatoms. The molecule has 1 saturated heterocycles. The lowest BCUT2D eigenvalue weighted by molar-refractivity contribution is -0.300. The van der Waals surface area contributed by atoms with Gasteiger partial charge in [0.15, 0.2) is 14.1 Å². The van der Waals surface area contributed by atoms with E-state index in [0.29, 0.717) is 19.8 Å². The fourth-order valence-corrected chi connectivity index (χ4v) is 6.04. The summed E-state index contributed by atoms with van der Waals surface area (Å²) in [6, 6.07) is 10.2. The SMILES string of the molecule is C/C(=C/COCc1ccccc1)C[C@H](C)[C@@H](O[Si](C)(C)C(C)(C)C)[C@H](C)[C@H]1OC(C)(C)OC[C@@H]1C=O. The predicted molar refractivity (Wildman–Crippen MR) is 149 cm³/mol. The average Bonchev–Trinajstić information content (AvgIpc) is 2.79. The Bertz CT molecular complexity index is 843. The van der Waals surface area contributed by atoms with E-state index in [1.165, 1.54) is 11.1 Å². The Labute approximate surface area is 221 Å². The maximum atomic E-state index is 11.9. The van der Waals surface area contributed by atoms with Gasteiger partial charge < -0.3 is 23.4 Å². The van der Waals surface area contributed by atoms with Gasteiger partial charge in [-0.3, -0.25) is 0 Å². The number of benzene rings is 1. The summed E-state index contributed by atoms with van der Waals surface area (Å²) in [5.74, 6) is -0.723. The number of hydrogen-bond acceptors (Lipinski definition) is 5. The van der Waals surface area contributed by atoms with Crippen molar-refractivity contribution in [2.24, 2.45) is 17.8 Å². The Morgan fingerprint density at radius 3 is 2.42 bits per heavy atom. The summed E-state index contributed by atoms with van der Waals surface area (Å²) < 4.78 is 25.1. The monoisotopic (exact) mass is 518 g/mol. The highest BCUT2D eigenvalue weighted by Gasteiger charge is 2.46. The van der Waals surface area contributed by atoms with Crippen molar-refractivity contribution in [2.75, 3.05) is 13.2 Å². The van der Waals surface area contributed by atoms with Crippen molar-refractivity contribution in [3.05, 3.63) is 47.5 Å². The standard InChI is InChI=1S/C30H50O5Si/c1-22(16-17-32-20-25-14-12-11-13-15-25)18-23(2)27(35-36(9,10)29(4,5)6)24(3)28-26(19-31)21-33-30(7,8)34-28/h11-16,19,23-24,26-28H,17-18,20-21H2,1-10H3/b22-16-/t23-,24-,26-,27+,28+/m0/s1. The van der Waals surface area contributed by atoms with Crippen LogP contribution >= 0.6 is 0 Å². The van der Waals surface area contributed by atoms with Crippen LogP contribution in [0.2, 0.25) is 18.1 Å². The molecule has 0 N–H and O–H groups in total. The molecule has 0 spiro atoms. The molecule has 0 amide bonds. The van der Waals surface area contributed by atoms with Crippen LogP contribution in [0.1, 0.15) is 67.4 Å². The van der Waals surface area contributed by atoms with Gasteiger partial charge in [0.05, 0.1) is 37.9 Å². The van der Waals surface area contributed by atoms with E-state index in [9.17, 15) is 4.79 Å². The third kappa shape index (κ3) is 8.91. The molecular weight excluding hydrogens is 468 g/mol. The predicted octanol–water partition coefficient (Wildman–Crippen LogP) is 7.17. The van der Waals surface area contributed by atoms with Gasteiger partial charge in [-0.15, -0.1) is 0 Å². The highest BCUT2D eigenvalue weighted by atomic mass is 28.4. The number of ether oxygens (including phenoxy) is 3. The molecule has 0 saturated carbocycles. The van der Waals surface area contributed by atoms with E-state index >= 15 is 0 Å². The van der Waals surface area contributed by atoms with Crippen molar-refractivity contribution < 1.29 is 23.4 Å². The van der Waals surface area contributed by atoms with Crippen molar-refractivity contribution in [2.45, 2.75) is 105 Å². The summed E-state index contributed by atoms with van der Waals surface area (Å²) in [7, 11) is -2.06. The molecular formula is C30H50O5Si. The molecule has 1 aromatic rings. The number of aldehydes is 1. The molecule has 1 fully saturated rings. The lowest BCUT2D eigenvalue weighted by atomic mass is 9.81. The minimum absolute atomic E-state index is 0.0367. The van der Waals surface area contributed by atoms with Crippen molar-refractivity contribution in [1.82, 2.24) is 0 Å². The van der Waals surface area contributed by atoms with Crippen LogP contribution in [0.15, 0.2) is 42.0 Å². The topological polar surface area (TPSA) is 54.0 Å². The van der Waals surface area contributed by atoms with Gasteiger partial charge in [-0.05, 0) is 56.8 Å². The Hall–Kier alpha value is -1.31. The quantitative estimate of drug-likeness (QED) is 0.127. The second-order valence-corrected chi connectivity index (χ2v) is 17.3. The first-order chi connectivity index (χ1) is 16.7. The van der Waals surface area contributed by atoms with Gasteiger partial charge in [-0.2, -0.15) is 0 Å². The van der Waals surface area contributed by atoms with Crippen LogP contribution in [0.5, 0.6) is 0 Å². The number of carbonyl (C=O) groups is 1. The smallest absolute Gasteiger partial charge is 0.192 e. The Morgan fingerprint density at radius 1 is 1.19 bits per heavy atom. The van der Waals surface area contributed by atoms with Crippen LogP contribution in [0.25, 0.3) is 0 Å². The van der Waals surface area contributed by atoms with Crippen LogP contribution in [-0.2, 0) is 30.0 Å². The van der Waals surface area contributed by atoms with Crippen molar-refractivity contribution in [1.29, 1.82) is 0 Å². The van der Waals surface area contributed by atoms with E-state index in [1.807, 2.05) is 32.0 Å². The van der Waals surface area contributed by atoms with Gasteiger partial charge in [0.1, 0.15) is 6.29 Å². The average molecular weight is 519 g/mol. The zero-order chi connectivity index (χ0) is 27.1. The number of hydrogen-bond donors (Lipinski definition) is 0. The van der Waals surface area contributed by atoms with Crippen LogP contribution in [0.3, 0.4) is 0 Å². The van der Waals surface area contributed by atoms with E-state index < -0.39 is 14.1 Å². The highest BCUT2D eigenvalue weighted by Crippen LogP contribution is 2.42. The highest BCUT2D eigenvalue weighted by molar-refractivity contribution is 6.74. The molecule has 204 valence electrons. The molecule has 5 nitrogen and oxygen atoms in total. The molecule has 0 aliphatic carbocycles. The fraction of sp³-hybridized carbons (Fsp3) is 0.700. The van der Waals surface area contributed by atoms with Gasteiger partial charge in [0.2, 0.25) is 0 Å². The molecule has 0 bridgehead atoms. The molecule has 0 aromatic heterocycles. The van der Waals surface area contributed by atoms with Gasteiger partial charge in [-0.1, -0.05) is 76.6 Å². The number of allylic oxidation sites excluding steroid dienone is 1. The third-order valence-corrected chi connectivity index (χ3v) is 12.3. The number of rotatable bonds is 12.